The predicted molar refractivity (Wildman–Crippen MR) is 102 cm³/mol. The zero-order valence-corrected chi connectivity index (χ0v) is 15.6. The maximum absolute atomic E-state index is 6.10. The number of rotatable bonds is 8. The van der Waals surface area contributed by atoms with Gasteiger partial charge in [0, 0.05) is 6.54 Å². The van der Waals surface area contributed by atoms with Crippen molar-refractivity contribution >= 4 is 17.3 Å². The van der Waals surface area contributed by atoms with E-state index in [0.29, 0.717) is 24.4 Å². The lowest BCUT2D eigenvalue weighted by Gasteiger charge is -2.33. The van der Waals surface area contributed by atoms with Gasteiger partial charge in [-0.3, -0.25) is 0 Å². The van der Waals surface area contributed by atoms with E-state index in [-0.39, 0.29) is 0 Å². The fraction of sp³-hybridized carbons (Fsp3) is 0.778. The largest absolute Gasteiger partial charge is 0.463 e. The summed E-state index contributed by atoms with van der Waals surface area (Å²) in [5, 5.41) is 3.34. The number of nitrogen functional groups attached to an aromatic ring is 1. The van der Waals surface area contributed by atoms with Crippen LogP contribution in [0.15, 0.2) is 0 Å². The molecule has 140 valence electrons. The molecule has 7 heteroatoms. The number of unbranched alkanes of at least 4 members (excludes halogenated alkanes) is 1. The van der Waals surface area contributed by atoms with Gasteiger partial charge >= 0.3 is 6.01 Å². The van der Waals surface area contributed by atoms with Crippen molar-refractivity contribution in [1.82, 2.24) is 14.9 Å². The number of likely N-dealkylation sites (tertiary alicyclic amines) is 1. The first-order chi connectivity index (χ1) is 12.2. The van der Waals surface area contributed by atoms with Gasteiger partial charge in [-0.15, -0.1) is 0 Å². The third kappa shape index (κ3) is 4.45. The molecular formula is C18H32N6O. The Balaban J connectivity index is 1.61. The summed E-state index contributed by atoms with van der Waals surface area (Å²) in [5.41, 5.74) is 6.95. The fourth-order valence-electron chi connectivity index (χ4n) is 3.64. The summed E-state index contributed by atoms with van der Waals surface area (Å²) < 4.78 is 5.67. The number of nitrogens with one attached hydrogen (secondary N) is 1. The SMILES string of the molecule is CCCCOc1nc(N)c2c(n1)N(CC1CCN(CCC)CC1)CN2. The molecule has 1 aromatic rings. The molecule has 0 aromatic carbocycles. The second-order valence-corrected chi connectivity index (χ2v) is 7.13. The number of piperidine rings is 1. The molecule has 3 rings (SSSR count). The van der Waals surface area contributed by atoms with Crippen molar-refractivity contribution in [2.24, 2.45) is 5.92 Å². The number of hydrogen-bond acceptors (Lipinski definition) is 7. The van der Waals surface area contributed by atoms with Gasteiger partial charge in [0.2, 0.25) is 0 Å². The molecular weight excluding hydrogens is 316 g/mol. The first-order valence-electron chi connectivity index (χ1n) is 9.72. The normalized spacial score (nSPS) is 18.2. The second kappa shape index (κ2) is 8.56. The smallest absolute Gasteiger partial charge is 0.320 e. The lowest BCUT2D eigenvalue weighted by molar-refractivity contribution is 0.186. The minimum atomic E-state index is 0.399. The van der Waals surface area contributed by atoms with Crippen LogP contribution in [0.1, 0.15) is 46.0 Å². The van der Waals surface area contributed by atoms with E-state index in [0.717, 1.165) is 37.6 Å². The van der Waals surface area contributed by atoms with E-state index >= 15 is 0 Å². The minimum Gasteiger partial charge on any atom is -0.463 e. The Labute approximate surface area is 150 Å². The molecule has 3 N–H and O–H groups in total. The lowest BCUT2D eigenvalue weighted by atomic mass is 9.96. The zero-order chi connectivity index (χ0) is 17.6. The van der Waals surface area contributed by atoms with Crippen molar-refractivity contribution in [1.29, 1.82) is 0 Å². The van der Waals surface area contributed by atoms with Gasteiger partial charge in [-0.1, -0.05) is 20.3 Å². The van der Waals surface area contributed by atoms with Crippen LogP contribution in [0.3, 0.4) is 0 Å². The minimum absolute atomic E-state index is 0.399. The number of nitrogens with two attached hydrogens (primary N) is 1. The van der Waals surface area contributed by atoms with Gasteiger partial charge in [0.05, 0.1) is 13.3 Å². The Bertz CT molecular complexity index is 559. The Kier molecular flexibility index (Phi) is 6.18. The number of hydrogen-bond donors (Lipinski definition) is 2. The summed E-state index contributed by atoms with van der Waals surface area (Å²) in [5.74, 6) is 2.09. The average Bonchev–Trinajstić information content (AvgIpc) is 3.01. The van der Waals surface area contributed by atoms with Crippen molar-refractivity contribution in [3.05, 3.63) is 0 Å². The van der Waals surface area contributed by atoms with Gasteiger partial charge in [0.25, 0.3) is 0 Å². The van der Waals surface area contributed by atoms with Crippen molar-refractivity contribution in [2.75, 3.05) is 55.4 Å². The van der Waals surface area contributed by atoms with Crippen LogP contribution < -0.4 is 20.7 Å². The van der Waals surface area contributed by atoms with Crippen molar-refractivity contribution in [3.8, 4) is 6.01 Å². The zero-order valence-electron chi connectivity index (χ0n) is 15.6. The van der Waals surface area contributed by atoms with E-state index in [4.69, 9.17) is 10.5 Å². The van der Waals surface area contributed by atoms with E-state index in [1.807, 2.05) is 0 Å². The molecule has 2 aliphatic heterocycles. The average molecular weight is 348 g/mol. The molecule has 1 aromatic heterocycles. The van der Waals surface area contributed by atoms with E-state index in [1.54, 1.807) is 0 Å². The highest BCUT2D eigenvalue weighted by Gasteiger charge is 2.28. The molecule has 2 aliphatic rings. The second-order valence-electron chi connectivity index (χ2n) is 7.13. The molecule has 25 heavy (non-hydrogen) atoms. The van der Waals surface area contributed by atoms with Crippen LogP contribution in [-0.2, 0) is 0 Å². The molecule has 0 aliphatic carbocycles. The molecule has 0 unspecified atom stereocenters. The van der Waals surface area contributed by atoms with E-state index in [1.165, 1.54) is 38.9 Å². The van der Waals surface area contributed by atoms with E-state index in [9.17, 15) is 0 Å². The Morgan fingerprint density at radius 3 is 2.72 bits per heavy atom. The summed E-state index contributed by atoms with van der Waals surface area (Å²) in [7, 11) is 0. The van der Waals surface area contributed by atoms with Crippen LogP contribution in [0.2, 0.25) is 0 Å². The quantitative estimate of drug-likeness (QED) is 0.699. The lowest BCUT2D eigenvalue weighted by Crippen LogP contribution is -2.39. The first-order valence-corrected chi connectivity index (χ1v) is 9.72. The number of anilines is 3. The monoisotopic (exact) mass is 348 g/mol. The maximum Gasteiger partial charge on any atom is 0.320 e. The van der Waals surface area contributed by atoms with Gasteiger partial charge in [0.1, 0.15) is 5.69 Å². The molecule has 0 saturated carbocycles. The number of aromatic nitrogens is 2. The van der Waals surface area contributed by atoms with Gasteiger partial charge in [0.15, 0.2) is 11.6 Å². The standard InChI is InChI=1S/C18H32N6O/c1-3-5-11-25-18-21-16(19)15-17(22-18)24(13-20-15)12-14-6-9-23(8-4-2)10-7-14/h14,20H,3-13H2,1-2H3,(H2,19,21,22). The summed E-state index contributed by atoms with van der Waals surface area (Å²) >= 11 is 0. The molecule has 7 nitrogen and oxygen atoms in total. The van der Waals surface area contributed by atoms with Crippen molar-refractivity contribution in [3.63, 3.8) is 0 Å². The van der Waals surface area contributed by atoms with Crippen LogP contribution >= 0.6 is 0 Å². The third-order valence-corrected chi connectivity index (χ3v) is 5.10. The first kappa shape index (κ1) is 18.0. The highest BCUT2D eigenvalue weighted by molar-refractivity contribution is 5.80. The number of fused-ring (bicyclic) bond motifs is 1. The van der Waals surface area contributed by atoms with Gasteiger partial charge in [-0.05, 0) is 51.2 Å². The van der Waals surface area contributed by atoms with Crippen LogP contribution in [0, 0.1) is 5.92 Å². The van der Waals surface area contributed by atoms with Crippen molar-refractivity contribution in [2.45, 2.75) is 46.0 Å². The predicted octanol–water partition coefficient (Wildman–Crippen LogP) is 2.55. The third-order valence-electron chi connectivity index (χ3n) is 5.10. The van der Waals surface area contributed by atoms with Gasteiger partial charge in [-0.25, -0.2) is 0 Å². The molecule has 0 atom stereocenters. The van der Waals surface area contributed by atoms with E-state index < -0.39 is 0 Å². The highest BCUT2D eigenvalue weighted by atomic mass is 16.5. The molecule has 0 amide bonds. The van der Waals surface area contributed by atoms with Gasteiger partial charge in [-0.2, -0.15) is 9.97 Å². The summed E-state index contributed by atoms with van der Waals surface area (Å²) in [4.78, 5) is 13.8. The van der Waals surface area contributed by atoms with Crippen LogP contribution in [0.5, 0.6) is 6.01 Å². The van der Waals surface area contributed by atoms with Crippen molar-refractivity contribution < 1.29 is 4.74 Å². The Morgan fingerprint density at radius 1 is 1.20 bits per heavy atom. The van der Waals surface area contributed by atoms with E-state index in [2.05, 4.69) is 38.9 Å². The van der Waals surface area contributed by atoms with Gasteiger partial charge < -0.3 is 25.6 Å². The molecule has 0 spiro atoms. The van der Waals surface area contributed by atoms with Crippen LogP contribution in [-0.4, -0.2) is 54.3 Å². The molecule has 1 fully saturated rings. The highest BCUT2D eigenvalue weighted by Crippen LogP contribution is 2.36. The Morgan fingerprint density at radius 2 is 2.00 bits per heavy atom. The fourth-order valence-corrected chi connectivity index (χ4v) is 3.64. The number of nitrogens with zero attached hydrogens (tertiary/aromatic N) is 4. The van der Waals surface area contributed by atoms with Crippen LogP contribution in [0.4, 0.5) is 17.3 Å². The Hall–Kier alpha value is -1.76. The molecule has 0 bridgehead atoms. The molecule has 3 heterocycles. The maximum atomic E-state index is 6.10. The number of ether oxygens (including phenoxy) is 1. The summed E-state index contributed by atoms with van der Waals surface area (Å²) in [6, 6.07) is 0.399. The molecule has 0 radical (unpaired) electrons. The summed E-state index contributed by atoms with van der Waals surface area (Å²) in [6.07, 6.45) is 5.84. The summed E-state index contributed by atoms with van der Waals surface area (Å²) in [6.45, 7) is 10.4. The molecule has 1 saturated heterocycles. The van der Waals surface area contributed by atoms with Crippen LogP contribution in [0.25, 0.3) is 0 Å². The topological polar surface area (TPSA) is 79.5 Å².